The van der Waals surface area contributed by atoms with Crippen molar-refractivity contribution in [3.63, 3.8) is 0 Å². The Morgan fingerprint density at radius 1 is 0.967 bits per heavy atom. The lowest BCUT2D eigenvalue weighted by molar-refractivity contribution is 0.309. The highest BCUT2D eigenvalue weighted by atomic mass is 32.1. The Morgan fingerprint density at radius 2 is 1.77 bits per heavy atom. The van der Waals surface area contributed by atoms with Crippen LogP contribution < -0.4 is 5.32 Å². The van der Waals surface area contributed by atoms with E-state index in [0.29, 0.717) is 6.04 Å². The summed E-state index contributed by atoms with van der Waals surface area (Å²) in [5, 5.41) is 4.36. The molecule has 0 bridgehead atoms. The Labute approximate surface area is 183 Å². The zero-order valence-corrected chi connectivity index (χ0v) is 18.0. The molecule has 1 saturated heterocycles. The number of thiocarbonyl (C=S) groups is 1. The van der Waals surface area contributed by atoms with E-state index in [1.54, 1.807) is 0 Å². The van der Waals surface area contributed by atoms with Crippen molar-refractivity contribution in [3.8, 4) is 0 Å². The van der Waals surface area contributed by atoms with Crippen LogP contribution in [-0.4, -0.2) is 19.6 Å². The summed E-state index contributed by atoms with van der Waals surface area (Å²) in [4.78, 5) is 6.98. The third kappa shape index (κ3) is 3.86. The van der Waals surface area contributed by atoms with Crippen molar-refractivity contribution in [1.29, 1.82) is 0 Å². The molecule has 30 heavy (non-hydrogen) atoms. The van der Waals surface area contributed by atoms with Crippen molar-refractivity contribution < 1.29 is 0 Å². The second-order valence-corrected chi connectivity index (χ2v) is 8.81. The highest BCUT2D eigenvalue weighted by Crippen LogP contribution is 2.40. The number of nitrogens with one attached hydrogen (secondary N) is 1. The molecule has 2 fully saturated rings. The van der Waals surface area contributed by atoms with Gasteiger partial charge in [-0.2, -0.15) is 0 Å². The van der Waals surface area contributed by atoms with E-state index in [-0.39, 0.29) is 12.1 Å². The molecule has 2 aromatic heterocycles. The molecule has 1 saturated carbocycles. The molecule has 0 spiro atoms. The molecule has 3 aromatic rings. The molecular weight excluding hydrogens is 388 g/mol. The van der Waals surface area contributed by atoms with E-state index in [2.05, 4.69) is 80.7 Å². The van der Waals surface area contributed by atoms with Crippen molar-refractivity contribution >= 4 is 17.3 Å². The van der Waals surface area contributed by atoms with Gasteiger partial charge in [0.05, 0.1) is 17.8 Å². The molecule has 154 valence electrons. The molecule has 5 heteroatoms. The maximum atomic E-state index is 5.81. The lowest BCUT2D eigenvalue weighted by atomic mass is 9.95. The van der Waals surface area contributed by atoms with Crippen LogP contribution in [0.4, 0.5) is 0 Å². The number of rotatable bonds is 5. The van der Waals surface area contributed by atoms with Gasteiger partial charge in [0, 0.05) is 31.2 Å². The Balaban J connectivity index is 1.49. The number of hydrogen-bond acceptors (Lipinski definition) is 2. The first-order valence-electron chi connectivity index (χ1n) is 11.0. The molecule has 1 aromatic carbocycles. The molecular formula is C25H28N4S. The maximum Gasteiger partial charge on any atom is 0.170 e. The van der Waals surface area contributed by atoms with Gasteiger partial charge in [-0.05, 0) is 54.4 Å². The predicted octanol–water partition coefficient (Wildman–Crippen LogP) is 5.56. The highest BCUT2D eigenvalue weighted by Gasteiger charge is 2.40. The number of aromatic nitrogens is 2. The van der Waals surface area contributed by atoms with Crippen molar-refractivity contribution in [1.82, 2.24) is 19.8 Å². The van der Waals surface area contributed by atoms with Crippen LogP contribution in [0.2, 0.25) is 0 Å². The summed E-state index contributed by atoms with van der Waals surface area (Å²) in [5.41, 5.74) is 3.60. The molecule has 0 unspecified atom stereocenters. The first-order valence-corrected chi connectivity index (χ1v) is 11.4. The van der Waals surface area contributed by atoms with E-state index >= 15 is 0 Å². The monoisotopic (exact) mass is 416 g/mol. The van der Waals surface area contributed by atoms with Gasteiger partial charge in [0.15, 0.2) is 5.11 Å². The van der Waals surface area contributed by atoms with Gasteiger partial charge in [0.1, 0.15) is 0 Å². The maximum absolute atomic E-state index is 5.81. The van der Waals surface area contributed by atoms with Gasteiger partial charge in [-0.1, -0.05) is 55.7 Å². The van der Waals surface area contributed by atoms with Crippen LogP contribution in [0.1, 0.15) is 67.1 Å². The highest BCUT2D eigenvalue weighted by molar-refractivity contribution is 7.80. The van der Waals surface area contributed by atoms with Crippen molar-refractivity contribution in [2.75, 3.05) is 0 Å². The SMILES string of the molecule is S=C1N[C@@H](c2ccccn2)[C@H](c2ccn(C3CCCCC3)c2)N1Cc1ccccc1. The van der Waals surface area contributed by atoms with Gasteiger partial charge in [-0.15, -0.1) is 0 Å². The quantitative estimate of drug-likeness (QED) is 0.552. The largest absolute Gasteiger partial charge is 0.352 e. The van der Waals surface area contributed by atoms with E-state index < -0.39 is 0 Å². The van der Waals surface area contributed by atoms with Crippen LogP contribution in [0.3, 0.4) is 0 Å². The van der Waals surface area contributed by atoms with Gasteiger partial charge < -0.3 is 14.8 Å². The molecule has 1 N–H and O–H groups in total. The normalized spacial score (nSPS) is 22.3. The lowest BCUT2D eigenvalue weighted by Gasteiger charge is -2.28. The van der Waals surface area contributed by atoms with Crippen LogP contribution in [0.25, 0.3) is 0 Å². The predicted molar refractivity (Wildman–Crippen MR) is 124 cm³/mol. The summed E-state index contributed by atoms with van der Waals surface area (Å²) >= 11 is 5.81. The number of hydrogen-bond donors (Lipinski definition) is 1. The van der Waals surface area contributed by atoms with Gasteiger partial charge in [-0.25, -0.2) is 0 Å². The Bertz CT molecular complexity index is 979. The molecule has 2 aliphatic rings. The second kappa shape index (κ2) is 8.60. The smallest absolute Gasteiger partial charge is 0.170 e. The lowest BCUT2D eigenvalue weighted by Crippen LogP contribution is -2.29. The van der Waals surface area contributed by atoms with Crippen molar-refractivity contribution in [3.05, 3.63) is 90.0 Å². The fourth-order valence-electron chi connectivity index (χ4n) is 4.93. The molecule has 0 radical (unpaired) electrons. The van der Waals surface area contributed by atoms with Crippen molar-refractivity contribution in [2.24, 2.45) is 0 Å². The van der Waals surface area contributed by atoms with E-state index in [1.807, 2.05) is 12.3 Å². The first-order chi connectivity index (χ1) is 14.8. The van der Waals surface area contributed by atoms with Crippen LogP contribution in [0, 0.1) is 0 Å². The summed E-state index contributed by atoms with van der Waals surface area (Å²) in [7, 11) is 0. The van der Waals surface area contributed by atoms with Crippen LogP contribution in [0.15, 0.2) is 73.2 Å². The summed E-state index contributed by atoms with van der Waals surface area (Å²) in [6.07, 6.45) is 13.1. The number of pyridine rings is 1. The van der Waals surface area contributed by atoms with Crippen LogP contribution in [-0.2, 0) is 6.54 Å². The molecule has 3 heterocycles. The molecule has 5 rings (SSSR count). The molecule has 4 nitrogen and oxygen atoms in total. The number of nitrogens with zero attached hydrogens (tertiary/aromatic N) is 3. The molecule has 1 aliphatic heterocycles. The zero-order chi connectivity index (χ0) is 20.3. The van der Waals surface area contributed by atoms with Gasteiger partial charge >= 0.3 is 0 Å². The Kier molecular flexibility index (Phi) is 5.54. The fourth-order valence-corrected chi connectivity index (χ4v) is 5.24. The van der Waals surface area contributed by atoms with Crippen LogP contribution >= 0.6 is 12.2 Å². The average molecular weight is 417 g/mol. The minimum absolute atomic E-state index is 0.0459. The standard InChI is InChI=1S/C25H28N4S/c30-25-27-23(22-13-7-8-15-26-22)24(29(25)17-19-9-3-1-4-10-19)20-14-16-28(18-20)21-11-5-2-6-12-21/h1,3-4,7-10,13-16,18,21,23-24H,2,5-6,11-12,17H2,(H,27,30)/t23-,24-/m0/s1. The minimum Gasteiger partial charge on any atom is -0.352 e. The van der Waals surface area contributed by atoms with E-state index in [1.165, 1.54) is 43.2 Å². The second-order valence-electron chi connectivity index (χ2n) is 8.42. The van der Waals surface area contributed by atoms with Gasteiger partial charge in [0.25, 0.3) is 0 Å². The third-order valence-corrected chi connectivity index (χ3v) is 6.82. The van der Waals surface area contributed by atoms with Gasteiger partial charge in [-0.3, -0.25) is 4.98 Å². The summed E-state index contributed by atoms with van der Waals surface area (Å²) in [6, 6.07) is 19.8. The third-order valence-electron chi connectivity index (χ3n) is 6.47. The van der Waals surface area contributed by atoms with E-state index in [9.17, 15) is 0 Å². The molecule has 1 aliphatic carbocycles. The topological polar surface area (TPSA) is 33.1 Å². The first kappa shape index (κ1) is 19.3. The Hall–Kier alpha value is -2.66. The molecule has 2 atom stereocenters. The zero-order valence-electron chi connectivity index (χ0n) is 17.2. The summed E-state index contributed by atoms with van der Waals surface area (Å²) in [5.74, 6) is 0. The van der Waals surface area contributed by atoms with E-state index in [4.69, 9.17) is 12.2 Å². The van der Waals surface area contributed by atoms with Gasteiger partial charge in [0.2, 0.25) is 0 Å². The minimum atomic E-state index is 0.0459. The Morgan fingerprint density at radius 3 is 2.53 bits per heavy atom. The number of benzene rings is 1. The average Bonchev–Trinajstić information content (AvgIpc) is 3.41. The fraction of sp³-hybridized carbons (Fsp3) is 0.360. The summed E-state index contributed by atoms with van der Waals surface area (Å²) in [6.45, 7) is 0.787. The van der Waals surface area contributed by atoms with Crippen LogP contribution in [0.5, 0.6) is 0 Å². The summed E-state index contributed by atoms with van der Waals surface area (Å²) < 4.78 is 2.44. The molecule has 0 amide bonds. The van der Waals surface area contributed by atoms with E-state index in [0.717, 1.165) is 17.4 Å². The van der Waals surface area contributed by atoms with Crippen molar-refractivity contribution in [2.45, 2.75) is 56.8 Å².